The molecule has 0 spiro atoms. The van der Waals surface area contributed by atoms with E-state index in [0.29, 0.717) is 17.2 Å². The highest BCUT2D eigenvalue weighted by molar-refractivity contribution is 5.72. The second kappa shape index (κ2) is 6.16. The van der Waals surface area contributed by atoms with Crippen LogP contribution in [0.4, 0.5) is 5.82 Å². The molecule has 0 atom stereocenters. The third kappa shape index (κ3) is 2.71. The molecule has 4 rings (SSSR count). The summed E-state index contributed by atoms with van der Waals surface area (Å²) in [7, 11) is 3.77. The SMILES string of the molecule is COc1cc2c(cc1-c1ccc(N3CCN(C)CC3)nn1)OCO2. The minimum atomic E-state index is 0.232. The van der Waals surface area contributed by atoms with Gasteiger partial charge in [0.05, 0.1) is 12.8 Å². The van der Waals surface area contributed by atoms with Crippen molar-refractivity contribution in [3.8, 4) is 28.5 Å². The molecular weight excluding hydrogens is 308 g/mol. The van der Waals surface area contributed by atoms with Crippen molar-refractivity contribution in [2.45, 2.75) is 0 Å². The van der Waals surface area contributed by atoms with Gasteiger partial charge in [0.2, 0.25) is 6.79 Å². The van der Waals surface area contributed by atoms with Crippen LogP contribution in [0.15, 0.2) is 24.3 Å². The number of fused-ring (bicyclic) bond motifs is 1. The molecule has 1 aromatic heterocycles. The zero-order valence-electron chi connectivity index (χ0n) is 13.9. The molecule has 7 nitrogen and oxygen atoms in total. The van der Waals surface area contributed by atoms with E-state index < -0.39 is 0 Å². The van der Waals surface area contributed by atoms with E-state index in [0.717, 1.165) is 43.3 Å². The summed E-state index contributed by atoms with van der Waals surface area (Å²) in [6.45, 7) is 4.25. The number of rotatable bonds is 3. The van der Waals surface area contributed by atoms with Gasteiger partial charge in [-0.2, -0.15) is 0 Å². The first kappa shape index (κ1) is 15.0. The molecule has 1 aromatic carbocycles. The Kier molecular flexibility index (Phi) is 3.86. The summed E-state index contributed by atoms with van der Waals surface area (Å²) in [6, 6.07) is 7.70. The van der Waals surface area contributed by atoms with E-state index in [1.54, 1.807) is 7.11 Å². The quantitative estimate of drug-likeness (QED) is 0.849. The summed E-state index contributed by atoms with van der Waals surface area (Å²) in [5.41, 5.74) is 1.60. The summed E-state index contributed by atoms with van der Waals surface area (Å²) in [4.78, 5) is 4.57. The number of aromatic nitrogens is 2. The van der Waals surface area contributed by atoms with E-state index in [-0.39, 0.29) is 6.79 Å². The van der Waals surface area contributed by atoms with E-state index in [1.807, 2.05) is 24.3 Å². The van der Waals surface area contributed by atoms with Crippen LogP contribution in [0, 0.1) is 0 Å². The molecule has 1 saturated heterocycles. The van der Waals surface area contributed by atoms with Crippen LogP contribution in [-0.2, 0) is 0 Å². The molecule has 2 aliphatic heterocycles. The van der Waals surface area contributed by atoms with Crippen LogP contribution < -0.4 is 19.1 Å². The Labute approximate surface area is 140 Å². The largest absolute Gasteiger partial charge is 0.496 e. The molecule has 0 N–H and O–H groups in total. The van der Waals surface area contributed by atoms with Crippen molar-refractivity contribution in [2.75, 3.05) is 52.0 Å². The monoisotopic (exact) mass is 328 g/mol. The van der Waals surface area contributed by atoms with Gasteiger partial charge in [0, 0.05) is 37.8 Å². The molecule has 2 aromatic rings. The minimum absolute atomic E-state index is 0.232. The van der Waals surface area contributed by atoms with Crippen LogP contribution in [0.1, 0.15) is 0 Å². The average Bonchev–Trinajstić information content (AvgIpc) is 3.09. The van der Waals surface area contributed by atoms with Crippen molar-refractivity contribution < 1.29 is 14.2 Å². The highest BCUT2D eigenvalue weighted by Crippen LogP contribution is 2.41. The fourth-order valence-corrected chi connectivity index (χ4v) is 2.97. The third-order valence-electron chi connectivity index (χ3n) is 4.45. The van der Waals surface area contributed by atoms with Gasteiger partial charge < -0.3 is 24.0 Å². The van der Waals surface area contributed by atoms with Gasteiger partial charge in [0.1, 0.15) is 5.75 Å². The van der Waals surface area contributed by atoms with E-state index >= 15 is 0 Å². The van der Waals surface area contributed by atoms with Crippen molar-refractivity contribution in [1.82, 2.24) is 15.1 Å². The van der Waals surface area contributed by atoms with Crippen molar-refractivity contribution in [1.29, 1.82) is 0 Å². The Morgan fingerprint density at radius 2 is 1.75 bits per heavy atom. The number of anilines is 1. The highest BCUT2D eigenvalue weighted by atomic mass is 16.7. The Balaban J connectivity index is 1.61. The third-order valence-corrected chi connectivity index (χ3v) is 4.45. The van der Waals surface area contributed by atoms with E-state index in [2.05, 4.69) is 27.0 Å². The molecule has 0 amide bonds. The number of ether oxygens (including phenoxy) is 3. The molecule has 3 heterocycles. The lowest BCUT2D eigenvalue weighted by Gasteiger charge is -2.32. The van der Waals surface area contributed by atoms with Crippen LogP contribution >= 0.6 is 0 Å². The normalized spacial score (nSPS) is 17.2. The van der Waals surface area contributed by atoms with Crippen molar-refractivity contribution in [2.24, 2.45) is 0 Å². The highest BCUT2D eigenvalue weighted by Gasteiger charge is 2.20. The lowest BCUT2D eigenvalue weighted by atomic mass is 10.1. The molecule has 7 heteroatoms. The number of nitrogens with zero attached hydrogens (tertiary/aromatic N) is 4. The van der Waals surface area contributed by atoms with E-state index in [1.165, 1.54) is 0 Å². The first-order valence-electron chi connectivity index (χ1n) is 8.00. The number of likely N-dealkylation sites (N-methyl/N-ethyl adjacent to an activating group) is 1. The van der Waals surface area contributed by atoms with Crippen LogP contribution in [0.2, 0.25) is 0 Å². The van der Waals surface area contributed by atoms with Gasteiger partial charge in [-0.15, -0.1) is 10.2 Å². The van der Waals surface area contributed by atoms with E-state index in [9.17, 15) is 0 Å². The van der Waals surface area contributed by atoms with Crippen molar-refractivity contribution >= 4 is 5.82 Å². The smallest absolute Gasteiger partial charge is 0.231 e. The molecule has 126 valence electrons. The topological polar surface area (TPSA) is 60.0 Å². The van der Waals surface area contributed by atoms with Crippen LogP contribution in [0.25, 0.3) is 11.3 Å². The maximum Gasteiger partial charge on any atom is 0.231 e. The first-order chi connectivity index (χ1) is 11.7. The molecule has 2 aliphatic rings. The predicted molar refractivity (Wildman–Crippen MR) is 89.9 cm³/mol. The summed E-state index contributed by atoms with van der Waals surface area (Å²) in [5, 5.41) is 8.80. The molecular formula is C17H20N4O3. The second-order valence-electron chi connectivity index (χ2n) is 5.97. The lowest BCUT2D eigenvalue weighted by molar-refractivity contribution is 0.174. The average molecular weight is 328 g/mol. The predicted octanol–water partition coefficient (Wildman–Crippen LogP) is 1.63. The number of benzene rings is 1. The number of hydrogen-bond donors (Lipinski definition) is 0. The molecule has 0 aliphatic carbocycles. The Morgan fingerprint density at radius 3 is 2.42 bits per heavy atom. The van der Waals surface area contributed by atoms with Gasteiger partial charge in [-0.25, -0.2) is 0 Å². The Hall–Kier alpha value is -2.54. The van der Waals surface area contributed by atoms with Gasteiger partial charge in [0.15, 0.2) is 17.3 Å². The lowest BCUT2D eigenvalue weighted by Crippen LogP contribution is -2.44. The molecule has 0 bridgehead atoms. The maximum absolute atomic E-state index is 5.46. The molecule has 0 radical (unpaired) electrons. The molecule has 1 fully saturated rings. The Bertz CT molecular complexity index is 727. The maximum atomic E-state index is 5.46. The number of hydrogen-bond acceptors (Lipinski definition) is 7. The van der Waals surface area contributed by atoms with Crippen LogP contribution in [0.3, 0.4) is 0 Å². The summed E-state index contributed by atoms with van der Waals surface area (Å²) in [5.74, 6) is 3.00. The second-order valence-corrected chi connectivity index (χ2v) is 5.97. The van der Waals surface area contributed by atoms with Gasteiger partial charge in [-0.1, -0.05) is 0 Å². The van der Waals surface area contributed by atoms with Gasteiger partial charge in [0.25, 0.3) is 0 Å². The van der Waals surface area contributed by atoms with E-state index in [4.69, 9.17) is 14.2 Å². The molecule has 24 heavy (non-hydrogen) atoms. The standard InChI is InChI=1S/C17H20N4O3/c1-20-5-7-21(8-6-20)17-4-3-13(18-19-17)12-9-15-16(24-11-23-15)10-14(12)22-2/h3-4,9-10H,5-8,11H2,1-2H3. The van der Waals surface area contributed by atoms with Gasteiger partial charge >= 0.3 is 0 Å². The number of piperazine rings is 1. The van der Waals surface area contributed by atoms with Crippen molar-refractivity contribution in [3.63, 3.8) is 0 Å². The summed E-state index contributed by atoms with van der Waals surface area (Å²) < 4.78 is 16.3. The van der Waals surface area contributed by atoms with Crippen LogP contribution in [0.5, 0.6) is 17.2 Å². The number of methoxy groups -OCH3 is 1. The minimum Gasteiger partial charge on any atom is -0.496 e. The fourth-order valence-electron chi connectivity index (χ4n) is 2.97. The van der Waals surface area contributed by atoms with Gasteiger partial charge in [-0.3, -0.25) is 0 Å². The zero-order valence-corrected chi connectivity index (χ0v) is 13.9. The zero-order chi connectivity index (χ0) is 16.5. The first-order valence-corrected chi connectivity index (χ1v) is 8.00. The Morgan fingerprint density at radius 1 is 1.00 bits per heavy atom. The van der Waals surface area contributed by atoms with Crippen molar-refractivity contribution in [3.05, 3.63) is 24.3 Å². The molecule has 0 unspecified atom stereocenters. The van der Waals surface area contributed by atoms with Gasteiger partial charge in [-0.05, 0) is 25.2 Å². The van der Waals surface area contributed by atoms with Crippen LogP contribution in [-0.4, -0.2) is 62.2 Å². The molecule has 0 saturated carbocycles. The summed E-state index contributed by atoms with van der Waals surface area (Å²) >= 11 is 0. The summed E-state index contributed by atoms with van der Waals surface area (Å²) in [6.07, 6.45) is 0. The fraction of sp³-hybridized carbons (Fsp3) is 0.412.